The van der Waals surface area contributed by atoms with Crippen LogP contribution in [-0.4, -0.2) is 6.26 Å². The van der Waals surface area contributed by atoms with E-state index in [0.717, 1.165) is 5.75 Å². The zero-order chi connectivity index (χ0) is 8.10. The van der Waals surface area contributed by atoms with Crippen LogP contribution in [0.2, 0.25) is 0 Å². The van der Waals surface area contributed by atoms with Crippen LogP contribution in [0.15, 0.2) is 24.3 Å². The van der Waals surface area contributed by atoms with Gasteiger partial charge in [0.05, 0.1) is 23.7 Å². The predicted molar refractivity (Wildman–Crippen MR) is 45.3 cm³/mol. The van der Waals surface area contributed by atoms with E-state index in [-0.39, 0.29) is 0 Å². The maximum Gasteiger partial charge on any atom is 0.138 e. The van der Waals surface area contributed by atoms with E-state index in [1.54, 1.807) is 18.2 Å². The Hall–Kier alpha value is -1.14. The zero-order valence-electron chi connectivity index (χ0n) is 6.07. The van der Waals surface area contributed by atoms with Crippen LogP contribution < -0.4 is 4.18 Å². The van der Waals surface area contributed by atoms with Gasteiger partial charge in [0.1, 0.15) is 5.75 Å². The molecule has 1 rings (SSSR count). The van der Waals surface area contributed by atoms with E-state index in [4.69, 9.17) is 9.44 Å². The number of rotatable bonds is 2. The Morgan fingerprint density at radius 3 is 3.00 bits per heavy atom. The summed E-state index contributed by atoms with van der Waals surface area (Å²) in [6.07, 6.45) is 1.83. The van der Waals surface area contributed by atoms with Gasteiger partial charge in [0, 0.05) is 6.26 Å². The summed E-state index contributed by atoms with van der Waals surface area (Å²) in [7, 11) is 0. The summed E-state index contributed by atoms with van der Waals surface area (Å²) < 4.78 is 5.11. The van der Waals surface area contributed by atoms with Crippen LogP contribution in [-0.2, 0) is 0 Å². The Kier molecular flexibility index (Phi) is 2.82. The topological polar surface area (TPSA) is 33.0 Å². The van der Waals surface area contributed by atoms with Crippen molar-refractivity contribution in [3.63, 3.8) is 0 Å². The normalized spacial score (nSPS) is 8.73. The molecule has 0 saturated heterocycles. The van der Waals surface area contributed by atoms with Crippen LogP contribution in [0.3, 0.4) is 0 Å². The fraction of sp³-hybridized carbons (Fsp3) is 0.125. The van der Waals surface area contributed by atoms with Crippen molar-refractivity contribution >= 4 is 12.0 Å². The molecule has 0 heterocycles. The third-order valence-electron chi connectivity index (χ3n) is 1.14. The molecule has 1 aromatic carbocycles. The molecular formula is C8H7NOS. The van der Waals surface area contributed by atoms with E-state index >= 15 is 0 Å². The molecule has 11 heavy (non-hydrogen) atoms. The average molecular weight is 165 g/mol. The molecule has 0 spiro atoms. The summed E-state index contributed by atoms with van der Waals surface area (Å²) in [6.45, 7) is 0. The van der Waals surface area contributed by atoms with Crippen LogP contribution in [0.1, 0.15) is 5.56 Å². The molecule has 0 saturated carbocycles. The average Bonchev–Trinajstić information content (AvgIpc) is 2.06. The second-order valence-electron chi connectivity index (χ2n) is 1.89. The van der Waals surface area contributed by atoms with Crippen LogP contribution in [0.25, 0.3) is 0 Å². The minimum absolute atomic E-state index is 0.622. The minimum atomic E-state index is 0.622. The Morgan fingerprint density at radius 2 is 2.36 bits per heavy atom. The number of hydrogen-bond donors (Lipinski definition) is 0. The first kappa shape index (κ1) is 7.96. The summed E-state index contributed by atoms with van der Waals surface area (Å²) >= 11 is 1.26. The first-order valence-corrected chi connectivity index (χ1v) is 4.22. The molecule has 0 aliphatic rings. The lowest BCUT2D eigenvalue weighted by molar-refractivity contribution is 0.650. The van der Waals surface area contributed by atoms with Gasteiger partial charge in [-0.25, -0.2) is 0 Å². The van der Waals surface area contributed by atoms with Gasteiger partial charge in [-0.15, -0.1) is 0 Å². The summed E-state index contributed by atoms with van der Waals surface area (Å²) in [5, 5.41) is 8.52. The van der Waals surface area contributed by atoms with Gasteiger partial charge in [-0.2, -0.15) is 5.26 Å². The third-order valence-corrected chi connectivity index (χ3v) is 1.50. The highest BCUT2D eigenvalue weighted by atomic mass is 32.2. The molecule has 0 unspecified atom stereocenters. The van der Waals surface area contributed by atoms with Crippen LogP contribution in [0, 0.1) is 11.3 Å². The summed E-state index contributed by atoms with van der Waals surface area (Å²) in [4.78, 5) is 0. The molecule has 0 amide bonds. The molecule has 0 bridgehead atoms. The molecule has 1 aromatic rings. The van der Waals surface area contributed by atoms with E-state index in [9.17, 15) is 0 Å². The van der Waals surface area contributed by atoms with E-state index in [0.29, 0.717) is 5.56 Å². The zero-order valence-corrected chi connectivity index (χ0v) is 6.89. The largest absolute Gasteiger partial charge is 0.426 e. The quantitative estimate of drug-likeness (QED) is 0.630. The summed E-state index contributed by atoms with van der Waals surface area (Å²) in [6, 6.07) is 9.10. The van der Waals surface area contributed by atoms with Gasteiger partial charge < -0.3 is 4.18 Å². The van der Waals surface area contributed by atoms with Gasteiger partial charge in [-0.05, 0) is 18.2 Å². The monoisotopic (exact) mass is 165 g/mol. The van der Waals surface area contributed by atoms with Crippen molar-refractivity contribution in [2.24, 2.45) is 0 Å². The maximum absolute atomic E-state index is 8.52. The van der Waals surface area contributed by atoms with Crippen molar-refractivity contribution in [1.82, 2.24) is 0 Å². The molecule has 56 valence electrons. The first-order chi connectivity index (χ1) is 5.36. The van der Waals surface area contributed by atoms with Gasteiger partial charge >= 0.3 is 0 Å². The fourth-order valence-electron chi connectivity index (χ4n) is 0.714. The third kappa shape index (κ3) is 2.17. The lowest BCUT2D eigenvalue weighted by Gasteiger charge is -1.98. The van der Waals surface area contributed by atoms with Gasteiger partial charge in [0.25, 0.3) is 0 Å². The number of nitrogens with zero attached hydrogens (tertiary/aromatic N) is 1. The first-order valence-electron chi connectivity index (χ1n) is 3.07. The minimum Gasteiger partial charge on any atom is -0.426 e. The lowest BCUT2D eigenvalue weighted by atomic mass is 10.2. The molecule has 0 aromatic heterocycles. The molecule has 0 fully saturated rings. The van der Waals surface area contributed by atoms with Crippen molar-refractivity contribution in [3.8, 4) is 11.8 Å². The Bertz CT molecular complexity index is 280. The Morgan fingerprint density at radius 1 is 1.55 bits per heavy atom. The highest BCUT2D eigenvalue weighted by Gasteiger charge is 1.93. The molecule has 3 heteroatoms. The molecule has 0 N–H and O–H groups in total. The predicted octanol–water partition coefficient (Wildman–Crippen LogP) is 2.22. The van der Waals surface area contributed by atoms with Crippen molar-refractivity contribution in [2.45, 2.75) is 0 Å². The van der Waals surface area contributed by atoms with Crippen LogP contribution in [0.5, 0.6) is 5.75 Å². The molecule has 0 aliphatic heterocycles. The van der Waals surface area contributed by atoms with E-state index in [1.807, 2.05) is 18.4 Å². The lowest BCUT2D eigenvalue weighted by Crippen LogP contribution is -1.79. The Labute approximate surface area is 70.0 Å². The van der Waals surface area contributed by atoms with Gasteiger partial charge in [0.15, 0.2) is 0 Å². The standard InChI is InChI=1S/C8H7NOS/c1-11-10-8-4-2-3-7(5-8)6-9/h2-5H,1H3. The number of nitriles is 1. The van der Waals surface area contributed by atoms with E-state index in [2.05, 4.69) is 0 Å². The second kappa shape index (κ2) is 3.89. The smallest absolute Gasteiger partial charge is 0.138 e. The van der Waals surface area contributed by atoms with Crippen molar-refractivity contribution in [1.29, 1.82) is 5.26 Å². The number of hydrogen-bond acceptors (Lipinski definition) is 3. The van der Waals surface area contributed by atoms with Crippen LogP contribution in [0.4, 0.5) is 0 Å². The molecule has 0 atom stereocenters. The molecular weight excluding hydrogens is 158 g/mol. The fourth-order valence-corrected chi connectivity index (χ4v) is 1.01. The van der Waals surface area contributed by atoms with E-state index in [1.165, 1.54) is 12.0 Å². The maximum atomic E-state index is 8.52. The van der Waals surface area contributed by atoms with Gasteiger partial charge in [0.2, 0.25) is 0 Å². The van der Waals surface area contributed by atoms with Crippen molar-refractivity contribution < 1.29 is 4.18 Å². The van der Waals surface area contributed by atoms with Crippen molar-refractivity contribution in [2.75, 3.05) is 6.26 Å². The SMILES string of the molecule is CSOc1cccc(C#N)c1. The second-order valence-corrected chi connectivity index (χ2v) is 2.39. The summed E-state index contributed by atoms with van der Waals surface area (Å²) in [5.74, 6) is 0.719. The highest BCUT2D eigenvalue weighted by molar-refractivity contribution is 7.94. The van der Waals surface area contributed by atoms with Crippen LogP contribution >= 0.6 is 12.0 Å². The number of benzene rings is 1. The Balaban J connectivity index is 2.85. The molecule has 0 radical (unpaired) electrons. The molecule has 2 nitrogen and oxygen atoms in total. The highest BCUT2D eigenvalue weighted by Crippen LogP contribution is 2.15. The van der Waals surface area contributed by atoms with Gasteiger partial charge in [-0.1, -0.05) is 6.07 Å². The van der Waals surface area contributed by atoms with E-state index < -0.39 is 0 Å². The molecule has 0 aliphatic carbocycles. The summed E-state index contributed by atoms with van der Waals surface area (Å²) in [5.41, 5.74) is 0.622. The van der Waals surface area contributed by atoms with Gasteiger partial charge in [-0.3, -0.25) is 0 Å². The van der Waals surface area contributed by atoms with Crippen molar-refractivity contribution in [3.05, 3.63) is 29.8 Å².